The van der Waals surface area contributed by atoms with Crippen molar-refractivity contribution in [1.29, 1.82) is 0 Å². The minimum Gasteiger partial charge on any atom is -0.324 e. The minimum atomic E-state index is -1.77. The van der Waals surface area contributed by atoms with E-state index in [0.29, 0.717) is 0 Å². The molecule has 0 amide bonds. The fourth-order valence-corrected chi connectivity index (χ4v) is 0. The van der Waals surface area contributed by atoms with Crippen LogP contribution >= 0.6 is 7.14 Å². The highest BCUT2D eigenvalue weighted by Crippen LogP contribution is 2.38. The third-order valence-corrected chi connectivity index (χ3v) is 1.87. The van der Waals surface area contributed by atoms with E-state index in [-0.39, 0.29) is 0 Å². The van der Waals surface area contributed by atoms with E-state index >= 15 is 0 Å². The smallest absolute Gasteiger partial charge is 0.0852 e. The lowest BCUT2D eigenvalue weighted by Gasteiger charge is -1.95. The zero-order valence-electron chi connectivity index (χ0n) is 4.43. The molecule has 1 nitrogen and oxygen atoms in total. The molecule has 0 atom stereocenters. The van der Waals surface area contributed by atoms with Gasteiger partial charge in [0, 0.05) is 6.16 Å². The molecule has 37 valence electrons. The third kappa shape index (κ3) is 4.23. The van der Waals surface area contributed by atoms with Crippen molar-refractivity contribution < 1.29 is 4.57 Å². The van der Waals surface area contributed by atoms with E-state index in [4.69, 9.17) is 0 Å². The molecule has 0 spiro atoms. The summed E-state index contributed by atoms with van der Waals surface area (Å²) in [6, 6.07) is 0. The average Bonchev–Trinajstić information content (AvgIpc) is 1.35. The molecule has 0 heterocycles. The normalized spacial score (nSPS) is 11.8. The topological polar surface area (TPSA) is 17.1 Å². The van der Waals surface area contributed by atoms with E-state index in [2.05, 4.69) is 0 Å². The summed E-state index contributed by atoms with van der Waals surface area (Å²) in [7, 11) is -1.77. The molecule has 0 aliphatic heterocycles. The molecule has 0 fully saturated rings. The fourth-order valence-electron chi connectivity index (χ4n) is 0. The first-order valence-electron chi connectivity index (χ1n) is 1.91. The predicted octanol–water partition coefficient (Wildman–Crippen LogP) is 1.79. The lowest BCUT2D eigenvalue weighted by atomic mass is 11.0. The van der Waals surface area contributed by atoms with Gasteiger partial charge in [-0.15, -0.1) is 0 Å². The standard InChI is InChI=1S/C4H10OP/c1-4-6(2,3)5/h4H,1-3H3. The molecule has 0 rings (SSSR count). The maximum atomic E-state index is 10.5. The van der Waals surface area contributed by atoms with Crippen molar-refractivity contribution in [3.8, 4) is 0 Å². The zero-order valence-corrected chi connectivity index (χ0v) is 5.33. The van der Waals surface area contributed by atoms with Gasteiger partial charge in [0.15, 0.2) is 0 Å². The minimum absolute atomic E-state index is 1.74. The maximum absolute atomic E-state index is 10.5. The van der Waals surface area contributed by atoms with Gasteiger partial charge >= 0.3 is 0 Å². The second-order valence-corrected chi connectivity index (χ2v) is 5.08. The first kappa shape index (κ1) is 6.23. The van der Waals surface area contributed by atoms with Gasteiger partial charge in [-0.1, -0.05) is 6.92 Å². The molecule has 0 saturated heterocycles. The third-order valence-electron chi connectivity index (χ3n) is 0.622. The summed E-state index contributed by atoms with van der Waals surface area (Å²) in [5.41, 5.74) is 0. The molecule has 2 heteroatoms. The van der Waals surface area contributed by atoms with Crippen LogP contribution < -0.4 is 0 Å². The molecular formula is C4H10OP. The number of rotatable bonds is 1. The van der Waals surface area contributed by atoms with Gasteiger partial charge in [-0.05, 0) is 13.3 Å². The van der Waals surface area contributed by atoms with Crippen LogP contribution in [0.3, 0.4) is 0 Å². The van der Waals surface area contributed by atoms with Gasteiger partial charge in [-0.2, -0.15) is 0 Å². The number of hydrogen-bond acceptors (Lipinski definition) is 1. The summed E-state index contributed by atoms with van der Waals surface area (Å²) in [4.78, 5) is 0. The monoisotopic (exact) mass is 105 g/mol. The Hall–Kier alpha value is 0.230. The Morgan fingerprint density at radius 3 is 1.67 bits per heavy atom. The van der Waals surface area contributed by atoms with Gasteiger partial charge in [0.1, 0.15) is 0 Å². The molecule has 0 aromatic rings. The first-order valence-corrected chi connectivity index (χ1v) is 4.58. The molecule has 6 heavy (non-hydrogen) atoms. The van der Waals surface area contributed by atoms with Crippen LogP contribution in [0, 0.1) is 6.16 Å². The molecular weight excluding hydrogens is 95.0 g/mol. The highest BCUT2D eigenvalue weighted by molar-refractivity contribution is 7.64. The van der Waals surface area contributed by atoms with Crippen molar-refractivity contribution in [1.82, 2.24) is 0 Å². The molecule has 0 aliphatic carbocycles. The van der Waals surface area contributed by atoms with Crippen LogP contribution in [0.1, 0.15) is 6.92 Å². The van der Waals surface area contributed by atoms with Gasteiger partial charge in [-0.25, -0.2) is 0 Å². The van der Waals surface area contributed by atoms with Crippen LogP contribution in [0.25, 0.3) is 0 Å². The van der Waals surface area contributed by atoms with Crippen LogP contribution in [0.2, 0.25) is 0 Å². The summed E-state index contributed by atoms with van der Waals surface area (Å²) in [5.74, 6) is 0. The van der Waals surface area contributed by atoms with Crippen LogP contribution in [-0.2, 0) is 4.57 Å². The van der Waals surface area contributed by atoms with Crippen molar-refractivity contribution in [2.45, 2.75) is 6.92 Å². The molecule has 0 unspecified atom stereocenters. The van der Waals surface area contributed by atoms with Crippen molar-refractivity contribution in [3.05, 3.63) is 6.16 Å². The molecule has 0 aromatic carbocycles. The van der Waals surface area contributed by atoms with E-state index in [9.17, 15) is 4.57 Å². The van der Waals surface area contributed by atoms with Crippen molar-refractivity contribution >= 4 is 7.14 Å². The largest absolute Gasteiger partial charge is 0.324 e. The lowest BCUT2D eigenvalue weighted by molar-refractivity contribution is 0.586. The van der Waals surface area contributed by atoms with Gasteiger partial charge in [0.25, 0.3) is 0 Å². The highest BCUT2D eigenvalue weighted by atomic mass is 31.2. The Morgan fingerprint density at radius 1 is 1.50 bits per heavy atom. The molecule has 0 saturated carbocycles. The van der Waals surface area contributed by atoms with E-state index in [1.165, 1.54) is 0 Å². The Labute approximate surface area is 39.1 Å². The summed E-state index contributed by atoms with van der Waals surface area (Å²) < 4.78 is 10.5. The molecule has 1 radical (unpaired) electrons. The number of hydrogen-bond donors (Lipinski definition) is 0. The van der Waals surface area contributed by atoms with E-state index in [0.717, 1.165) is 0 Å². The Morgan fingerprint density at radius 2 is 1.67 bits per heavy atom. The summed E-state index contributed by atoms with van der Waals surface area (Å²) in [6.07, 6.45) is 1.74. The lowest BCUT2D eigenvalue weighted by Crippen LogP contribution is -1.66. The van der Waals surface area contributed by atoms with Crippen molar-refractivity contribution in [2.75, 3.05) is 13.3 Å². The quantitative estimate of drug-likeness (QED) is 0.464. The van der Waals surface area contributed by atoms with Crippen molar-refractivity contribution in [2.24, 2.45) is 0 Å². The average molecular weight is 105 g/mol. The maximum Gasteiger partial charge on any atom is 0.0852 e. The van der Waals surface area contributed by atoms with E-state index in [1.54, 1.807) is 19.5 Å². The second-order valence-electron chi connectivity index (χ2n) is 1.69. The van der Waals surface area contributed by atoms with E-state index < -0.39 is 7.14 Å². The van der Waals surface area contributed by atoms with Crippen molar-refractivity contribution in [3.63, 3.8) is 0 Å². The fraction of sp³-hybridized carbons (Fsp3) is 0.750. The SMILES string of the molecule is C[CH]P(C)(C)=O. The highest BCUT2D eigenvalue weighted by Gasteiger charge is 1.99. The molecule has 0 aliphatic rings. The Balaban J connectivity index is 3.48. The van der Waals surface area contributed by atoms with Gasteiger partial charge in [0.05, 0.1) is 7.14 Å². The first-order chi connectivity index (χ1) is 2.56. The summed E-state index contributed by atoms with van der Waals surface area (Å²) >= 11 is 0. The molecule has 0 aromatic heterocycles. The predicted molar refractivity (Wildman–Crippen MR) is 29.4 cm³/mol. The Kier molecular flexibility index (Phi) is 1.86. The molecule has 0 bridgehead atoms. The van der Waals surface area contributed by atoms with Crippen LogP contribution in [0.4, 0.5) is 0 Å². The molecule has 0 N–H and O–H groups in total. The van der Waals surface area contributed by atoms with Crippen LogP contribution in [-0.4, -0.2) is 13.3 Å². The van der Waals surface area contributed by atoms with Gasteiger partial charge < -0.3 is 4.57 Å². The van der Waals surface area contributed by atoms with Crippen LogP contribution in [0.5, 0.6) is 0 Å². The Bertz CT molecular complexity index is 71.6. The van der Waals surface area contributed by atoms with E-state index in [1.807, 2.05) is 6.92 Å². The zero-order chi connectivity index (χ0) is 5.21. The van der Waals surface area contributed by atoms with Gasteiger partial charge in [-0.3, -0.25) is 0 Å². The second kappa shape index (κ2) is 1.79. The van der Waals surface area contributed by atoms with Crippen LogP contribution in [0.15, 0.2) is 0 Å². The summed E-state index contributed by atoms with van der Waals surface area (Å²) in [5, 5.41) is 0. The summed E-state index contributed by atoms with van der Waals surface area (Å²) in [6.45, 7) is 5.31. The van der Waals surface area contributed by atoms with Gasteiger partial charge in [0.2, 0.25) is 0 Å².